The summed E-state index contributed by atoms with van der Waals surface area (Å²) >= 11 is 4.10. The molecule has 0 aromatic carbocycles. The second-order valence-electron chi connectivity index (χ2n) is 5.07. The minimum atomic E-state index is -0.519. The summed E-state index contributed by atoms with van der Waals surface area (Å²) in [5.41, 5.74) is 0. The van der Waals surface area contributed by atoms with Gasteiger partial charge in [-0.2, -0.15) is 12.6 Å². The number of carbonyl (C=O) groups is 2. The first kappa shape index (κ1) is 15.3. The Morgan fingerprint density at radius 1 is 1.28 bits per heavy atom. The van der Waals surface area contributed by atoms with E-state index in [4.69, 9.17) is 0 Å². The molecular formula is C13H24N2O2S. The molecule has 1 fully saturated rings. The first-order valence-corrected chi connectivity index (χ1v) is 7.38. The van der Waals surface area contributed by atoms with Gasteiger partial charge < -0.3 is 10.6 Å². The fourth-order valence-electron chi connectivity index (χ4n) is 2.46. The van der Waals surface area contributed by atoms with E-state index in [1.165, 1.54) is 26.2 Å². The molecule has 4 nitrogen and oxygen atoms in total. The zero-order chi connectivity index (χ0) is 13.5. The van der Waals surface area contributed by atoms with E-state index >= 15 is 0 Å². The predicted octanol–water partition coefficient (Wildman–Crippen LogP) is 1.51. The van der Waals surface area contributed by atoms with Crippen LogP contribution < -0.4 is 10.6 Å². The highest BCUT2D eigenvalue weighted by atomic mass is 32.1. The number of hydrogen-bond acceptors (Lipinski definition) is 3. The lowest BCUT2D eigenvalue weighted by Crippen LogP contribution is -2.50. The normalized spacial score (nSPS) is 25.3. The highest BCUT2D eigenvalue weighted by Gasteiger charge is 2.24. The average molecular weight is 272 g/mol. The molecule has 0 bridgehead atoms. The molecule has 0 spiro atoms. The topological polar surface area (TPSA) is 58.2 Å². The molecule has 1 saturated carbocycles. The standard InChI is InChI=1S/C13H24N2O2S/c1-3-10-4-6-11(7-5-10)15-13(17)12(8-18)14-9(2)16/h10-12,18H,3-8H2,1-2H3,(H,14,16)(H,15,17). The molecule has 1 aliphatic carbocycles. The number of hydrogen-bond donors (Lipinski definition) is 3. The van der Waals surface area contributed by atoms with Crippen molar-refractivity contribution in [2.45, 2.75) is 58.0 Å². The molecule has 0 aromatic rings. The van der Waals surface area contributed by atoms with Gasteiger partial charge >= 0.3 is 0 Å². The van der Waals surface area contributed by atoms with Crippen LogP contribution in [0.15, 0.2) is 0 Å². The van der Waals surface area contributed by atoms with E-state index in [0.29, 0.717) is 5.75 Å². The van der Waals surface area contributed by atoms with Crippen LogP contribution in [0.3, 0.4) is 0 Å². The highest BCUT2D eigenvalue weighted by molar-refractivity contribution is 7.80. The van der Waals surface area contributed by atoms with Crippen molar-refractivity contribution < 1.29 is 9.59 Å². The second-order valence-corrected chi connectivity index (χ2v) is 5.44. The van der Waals surface area contributed by atoms with Crippen LogP contribution in [0.25, 0.3) is 0 Å². The average Bonchev–Trinajstić information content (AvgIpc) is 2.36. The van der Waals surface area contributed by atoms with Gasteiger partial charge in [-0.25, -0.2) is 0 Å². The summed E-state index contributed by atoms with van der Waals surface area (Å²) in [7, 11) is 0. The Morgan fingerprint density at radius 3 is 2.33 bits per heavy atom. The lowest BCUT2D eigenvalue weighted by atomic mass is 9.84. The van der Waals surface area contributed by atoms with Crippen molar-refractivity contribution in [2.24, 2.45) is 5.92 Å². The summed E-state index contributed by atoms with van der Waals surface area (Å²) in [5.74, 6) is 0.837. The van der Waals surface area contributed by atoms with E-state index in [9.17, 15) is 9.59 Å². The molecule has 1 aliphatic rings. The van der Waals surface area contributed by atoms with Crippen LogP contribution in [0.5, 0.6) is 0 Å². The molecule has 5 heteroatoms. The Labute approximate surface area is 115 Å². The summed E-state index contributed by atoms with van der Waals surface area (Å²) in [6.45, 7) is 3.63. The summed E-state index contributed by atoms with van der Waals surface area (Å²) in [6, 6.07) is -0.258. The van der Waals surface area contributed by atoms with Gasteiger partial charge in [0.25, 0.3) is 0 Å². The minimum absolute atomic E-state index is 0.111. The van der Waals surface area contributed by atoms with Crippen molar-refractivity contribution in [2.75, 3.05) is 5.75 Å². The van der Waals surface area contributed by atoms with Gasteiger partial charge in [0.2, 0.25) is 11.8 Å². The van der Waals surface area contributed by atoms with Crippen molar-refractivity contribution in [3.05, 3.63) is 0 Å². The molecule has 0 aliphatic heterocycles. The molecule has 1 unspecified atom stereocenters. The molecule has 18 heavy (non-hydrogen) atoms. The molecule has 0 radical (unpaired) electrons. The van der Waals surface area contributed by atoms with Gasteiger partial charge in [0.15, 0.2) is 0 Å². The van der Waals surface area contributed by atoms with E-state index < -0.39 is 6.04 Å². The molecule has 0 heterocycles. The van der Waals surface area contributed by atoms with Crippen molar-refractivity contribution in [3.63, 3.8) is 0 Å². The summed E-state index contributed by atoms with van der Waals surface area (Å²) < 4.78 is 0. The van der Waals surface area contributed by atoms with E-state index in [0.717, 1.165) is 18.8 Å². The SMILES string of the molecule is CCC1CCC(NC(=O)C(CS)NC(C)=O)CC1. The number of thiol groups is 1. The van der Waals surface area contributed by atoms with Crippen molar-refractivity contribution >= 4 is 24.4 Å². The van der Waals surface area contributed by atoms with Gasteiger partial charge in [0.1, 0.15) is 6.04 Å². The molecule has 1 rings (SSSR count). The van der Waals surface area contributed by atoms with Gasteiger partial charge in [-0.3, -0.25) is 9.59 Å². The largest absolute Gasteiger partial charge is 0.352 e. The second kappa shape index (κ2) is 7.67. The van der Waals surface area contributed by atoms with Crippen LogP contribution in [-0.2, 0) is 9.59 Å². The van der Waals surface area contributed by atoms with Gasteiger partial charge in [0, 0.05) is 18.7 Å². The Balaban J connectivity index is 2.37. The summed E-state index contributed by atoms with van der Waals surface area (Å²) in [6.07, 6.45) is 5.69. The third-order valence-corrected chi connectivity index (χ3v) is 4.01. The van der Waals surface area contributed by atoms with Gasteiger partial charge in [-0.15, -0.1) is 0 Å². The van der Waals surface area contributed by atoms with Gasteiger partial charge in [0.05, 0.1) is 0 Å². The molecule has 0 aromatic heterocycles. The van der Waals surface area contributed by atoms with Crippen LogP contribution in [0.4, 0.5) is 0 Å². The van der Waals surface area contributed by atoms with E-state index in [1.54, 1.807) is 0 Å². The van der Waals surface area contributed by atoms with Gasteiger partial charge in [-0.1, -0.05) is 13.3 Å². The number of rotatable bonds is 5. The van der Waals surface area contributed by atoms with Crippen LogP contribution >= 0.6 is 12.6 Å². The van der Waals surface area contributed by atoms with Crippen molar-refractivity contribution in [1.29, 1.82) is 0 Å². The smallest absolute Gasteiger partial charge is 0.243 e. The Hall–Kier alpha value is -0.710. The monoisotopic (exact) mass is 272 g/mol. The molecule has 2 N–H and O–H groups in total. The lowest BCUT2D eigenvalue weighted by molar-refractivity contribution is -0.128. The quantitative estimate of drug-likeness (QED) is 0.664. The van der Waals surface area contributed by atoms with E-state index in [2.05, 4.69) is 30.2 Å². The van der Waals surface area contributed by atoms with Crippen LogP contribution in [0.1, 0.15) is 46.0 Å². The molecule has 0 saturated heterocycles. The maximum Gasteiger partial charge on any atom is 0.243 e. The Kier molecular flexibility index (Phi) is 6.54. The third-order valence-electron chi connectivity index (χ3n) is 3.65. The fraction of sp³-hybridized carbons (Fsp3) is 0.846. The predicted molar refractivity (Wildman–Crippen MR) is 75.6 cm³/mol. The zero-order valence-electron chi connectivity index (χ0n) is 11.2. The van der Waals surface area contributed by atoms with Crippen molar-refractivity contribution in [1.82, 2.24) is 10.6 Å². The first-order chi connectivity index (χ1) is 8.56. The van der Waals surface area contributed by atoms with Crippen LogP contribution in [0.2, 0.25) is 0 Å². The maximum atomic E-state index is 12.0. The first-order valence-electron chi connectivity index (χ1n) is 6.75. The lowest BCUT2D eigenvalue weighted by Gasteiger charge is -2.29. The molecular weight excluding hydrogens is 248 g/mol. The van der Waals surface area contributed by atoms with Gasteiger partial charge in [-0.05, 0) is 31.6 Å². The minimum Gasteiger partial charge on any atom is -0.352 e. The Bertz CT molecular complexity index is 289. The van der Waals surface area contributed by atoms with Crippen molar-refractivity contribution in [3.8, 4) is 0 Å². The van der Waals surface area contributed by atoms with Crippen LogP contribution in [-0.4, -0.2) is 29.7 Å². The van der Waals surface area contributed by atoms with E-state index in [1.807, 2.05) is 0 Å². The fourth-order valence-corrected chi connectivity index (χ4v) is 2.71. The highest BCUT2D eigenvalue weighted by Crippen LogP contribution is 2.26. The summed E-state index contributed by atoms with van der Waals surface area (Å²) in [4.78, 5) is 22.9. The van der Waals surface area contributed by atoms with E-state index in [-0.39, 0.29) is 17.9 Å². The maximum absolute atomic E-state index is 12.0. The summed E-state index contributed by atoms with van der Waals surface area (Å²) in [5, 5.41) is 5.63. The molecule has 104 valence electrons. The zero-order valence-corrected chi connectivity index (χ0v) is 12.1. The number of nitrogens with one attached hydrogen (secondary N) is 2. The number of amides is 2. The third kappa shape index (κ3) is 4.88. The molecule has 1 atom stereocenters. The Morgan fingerprint density at radius 2 is 1.89 bits per heavy atom. The van der Waals surface area contributed by atoms with Crippen LogP contribution in [0, 0.1) is 5.92 Å². The molecule has 2 amide bonds. The number of carbonyl (C=O) groups excluding carboxylic acids is 2.